The van der Waals surface area contributed by atoms with Crippen molar-refractivity contribution >= 4 is 17.9 Å². The SMILES string of the molecule is CC1=C(C)CC2C(=O)N(CCCCc3ccncc3)SC2C1. The predicted molar refractivity (Wildman–Crippen MR) is 91.4 cm³/mol. The molecule has 2 atom stereocenters. The summed E-state index contributed by atoms with van der Waals surface area (Å²) in [5, 5.41) is 0.483. The van der Waals surface area contributed by atoms with Crippen molar-refractivity contribution in [3.8, 4) is 0 Å². The molecule has 3 nitrogen and oxygen atoms in total. The van der Waals surface area contributed by atoms with Gasteiger partial charge in [-0.05, 0) is 75.6 Å². The highest BCUT2D eigenvalue weighted by atomic mass is 32.2. The first-order valence-electron chi connectivity index (χ1n) is 8.17. The second-order valence-electron chi connectivity index (χ2n) is 6.47. The van der Waals surface area contributed by atoms with Gasteiger partial charge in [-0.15, -0.1) is 0 Å². The number of rotatable bonds is 5. The highest BCUT2D eigenvalue weighted by Crippen LogP contribution is 2.44. The van der Waals surface area contributed by atoms with Crippen LogP contribution in [0, 0.1) is 5.92 Å². The van der Waals surface area contributed by atoms with Crippen LogP contribution in [0.5, 0.6) is 0 Å². The second-order valence-corrected chi connectivity index (χ2v) is 7.73. The van der Waals surface area contributed by atoms with Gasteiger partial charge >= 0.3 is 0 Å². The predicted octanol–water partition coefficient (Wildman–Crippen LogP) is 4.01. The van der Waals surface area contributed by atoms with E-state index in [1.807, 2.05) is 16.7 Å². The normalized spacial score (nSPS) is 24.8. The standard InChI is InChI=1S/C18H24N2OS/c1-13-11-16-17(12-14(13)2)22-20(18(16)21)10-4-3-5-15-6-8-19-9-7-15/h6-9,16-17H,3-5,10-12H2,1-2H3. The van der Waals surface area contributed by atoms with Gasteiger partial charge in [0.2, 0.25) is 5.91 Å². The summed E-state index contributed by atoms with van der Waals surface area (Å²) < 4.78 is 2.04. The lowest BCUT2D eigenvalue weighted by Gasteiger charge is -2.23. The Balaban J connectivity index is 1.46. The lowest BCUT2D eigenvalue weighted by molar-refractivity contribution is -0.129. The van der Waals surface area contributed by atoms with E-state index in [1.165, 1.54) is 16.7 Å². The number of amides is 1. The Morgan fingerprint density at radius 3 is 2.68 bits per heavy atom. The summed E-state index contributed by atoms with van der Waals surface area (Å²) in [6.07, 6.45) is 9.01. The molecule has 0 aromatic carbocycles. The largest absolute Gasteiger partial charge is 0.286 e. The smallest absolute Gasteiger partial charge is 0.237 e. The summed E-state index contributed by atoms with van der Waals surface area (Å²) in [5.41, 5.74) is 4.25. The van der Waals surface area contributed by atoms with Crippen molar-refractivity contribution in [3.05, 3.63) is 41.2 Å². The maximum absolute atomic E-state index is 12.5. The second kappa shape index (κ2) is 6.86. The van der Waals surface area contributed by atoms with Crippen molar-refractivity contribution in [2.45, 2.75) is 51.2 Å². The Morgan fingerprint density at radius 2 is 1.91 bits per heavy atom. The van der Waals surface area contributed by atoms with E-state index in [9.17, 15) is 4.79 Å². The number of hydrogen-bond donors (Lipinski definition) is 0. The third-order valence-electron chi connectivity index (χ3n) is 4.86. The molecule has 2 heterocycles. The highest BCUT2D eigenvalue weighted by molar-refractivity contribution is 7.98. The molecule has 1 aliphatic heterocycles. The van der Waals surface area contributed by atoms with E-state index in [2.05, 4.69) is 31.0 Å². The number of aromatic nitrogens is 1. The molecule has 4 heteroatoms. The van der Waals surface area contributed by atoms with Crippen LogP contribution in [0.1, 0.15) is 45.1 Å². The number of nitrogens with zero attached hydrogens (tertiary/aromatic N) is 2. The van der Waals surface area contributed by atoms with Gasteiger partial charge in [0.25, 0.3) is 0 Å². The first-order valence-corrected chi connectivity index (χ1v) is 9.01. The number of hydrogen-bond acceptors (Lipinski definition) is 3. The third-order valence-corrected chi connectivity index (χ3v) is 6.25. The minimum Gasteiger partial charge on any atom is -0.286 e. The number of pyridine rings is 1. The molecule has 0 spiro atoms. The van der Waals surface area contributed by atoms with Gasteiger partial charge in [-0.25, -0.2) is 0 Å². The lowest BCUT2D eigenvalue weighted by atomic mass is 9.84. The quantitative estimate of drug-likeness (QED) is 0.467. The molecule has 0 bridgehead atoms. The topological polar surface area (TPSA) is 33.2 Å². The minimum absolute atomic E-state index is 0.230. The molecular weight excluding hydrogens is 292 g/mol. The van der Waals surface area contributed by atoms with Gasteiger partial charge < -0.3 is 0 Å². The van der Waals surface area contributed by atoms with Crippen LogP contribution in [-0.4, -0.2) is 27.0 Å². The maximum Gasteiger partial charge on any atom is 0.237 e. The molecular formula is C18H24N2OS. The Morgan fingerprint density at radius 1 is 1.18 bits per heavy atom. The van der Waals surface area contributed by atoms with E-state index >= 15 is 0 Å². The van der Waals surface area contributed by atoms with Crippen molar-refractivity contribution in [1.82, 2.24) is 9.29 Å². The van der Waals surface area contributed by atoms with Crippen LogP contribution in [0.15, 0.2) is 35.7 Å². The Kier molecular flexibility index (Phi) is 4.87. The van der Waals surface area contributed by atoms with E-state index in [0.717, 1.165) is 38.6 Å². The highest BCUT2D eigenvalue weighted by Gasteiger charge is 2.43. The van der Waals surface area contributed by atoms with Crippen LogP contribution in [0.4, 0.5) is 0 Å². The summed E-state index contributed by atoms with van der Waals surface area (Å²) in [6.45, 7) is 5.29. The van der Waals surface area contributed by atoms with Crippen LogP contribution in [-0.2, 0) is 11.2 Å². The van der Waals surface area contributed by atoms with Crippen molar-refractivity contribution in [2.75, 3.05) is 6.54 Å². The number of carbonyl (C=O) groups excluding carboxylic acids is 1. The van der Waals surface area contributed by atoms with Crippen LogP contribution in [0.25, 0.3) is 0 Å². The van der Waals surface area contributed by atoms with Crippen LogP contribution in [0.3, 0.4) is 0 Å². The van der Waals surface area contributed by atoms with Gasteiger partial charge in [-0.1, -0.05) is 11.1 Å². The van der Waals surface area contributed by atoms with Crippen molar-refractivity contribution in [3.63, 3.8) is 0 Å². The molecule has 0 N–H and O–H groups in total. The van der Waals surface area contributed by atoms with Gasteiger partial charge in [-0.3, -0.25) is 14.1 Å². The molecule has 1 aromatic rings. The Bertz CT molecular complexity index is 570. The van der Waals surface area contributed by atoms with E-state index in [4.69, 9.17) is 0 Å². The number of fused-ring (bicyclic) bond motifs is 1. The molecule has 1 saturated heterocycles. The van der Waals surface area contributed by atoms with Crippen molar-refractivity contribution in [1.29, 1.82) is 0 Å². The number of carbonyl (C=O) groups is 1. The van der Waals surface area contributed by atoms with Gasteiger partial charge in [0.05, 0.1) is 5.92 Å². The van der Waals surface area contributed by atoms with Gasteiger partial charge in [0, 0.05) is 24.2 Å². The molecule has 1 aliphatic carbocycles. The molecule has 22 heavy (non-hydrogen) atoms. The van der Waals surface area contributed by atoms with Crippen molar-refractivity contribution < 1.29 is 4.79 Å². The summed E-state index contributed by atoms with van der Waals surface area (Å²) in [7, 11) is 0. The zero-order valence-electron chi connectivity index (χ0n) is 13.4. The van der Waals surface area contributed by atoms with Crippen LogP contribution in [0.2, 0.25) is 0 Å². The Hall–Kier alpha value is -1.29. The minimum atomic E-state index is 0.230. The summed E-state index contributed by atoms with van der Waals surface area (Å²) in [6, 6.07) is 4.14. The summed E-state index contributed by atoms with van der Waals surface area (Å²) in [4.78, 5) is 16.6. The monoisotopic (exact) mass is 316 g/mol. The van der Waals surface area contributed by atoms with Gasteiger partial charge in [-0.2, -0.15) is 0 Å². The fraction of sp³-hybridized carbons (Fsp3) is 0.556. The van der Waals surface area contributed by atoms with Gasteiger partial charge in [0.1, 0.15) is 0 Å². The average Bonchev–Trinajstić information content (AvgIpc) is 2.82. The number of unbranched alkanes of at least 4 members (excludes halogenated alkanes) is 1. The van der Waals surface area contributed by atoms with Crippen molar-refractivity contribution in [2.24, 2.45) is 5.92 Å². The van der Waals surface area contributed by atoms with Crippen LogP contribution < -0.4 is 0 Å². The molecule has 0 saturated carbocycles. The molecule has 0 radical (unpaired) electrons. The first kappa shape index (κ1) is 15.6. The molecule has 1 fully saturated rings. The number of aryl methyl sites for hydroxylation is 1. The fourth-order valence-electron chi connectivity index (χ4n) is 3.31. The molecule has 1 aromatic heterocycles. The third kappa shape index (κ3) is 3.37. The van der Waals surface area contributed by atoms with E-state index in [1.54, 1.807) is 11.9 Å². The van der Waals surface area contributed by atoms with Crippen LogP contribution >= 0.6 is 11.9 Å². The molecule has 2 aliphatic rings. The zero-order valence-corrected chi connectivity index (χ0v) is 14.2. The lowest BCUT2D eigenvalue weighted by Crippen LogP contribution is -2.28. The van der Waals surface area contributed by atoms with Gasteiger partial charge in [0.15, 0.2) is 0 Å². The average molecular weight is 316 g/mol. The number of allylic oxidation sites excluding steroid dienone is 2. The Labute approximate surface area is 137 Å². The maximum atomic E-state index is 12.5. The molecule has 3 rings (SSSR count). The zero-order chi connectivity index (χ0) is 15.5. The summed E-state index contributed by atoms with van der Waals surface area (Å²) in [5.74, 6) is 0.597. The van der Waals surface area contributed by atoms with E-state index in [-0.39, 0.29) is 5.92 Å². The molecule has 2 unspecified atom stereocenters. The summed E-state index contributed by atoms with van der Waals surface area (Å²) >= 11 is 1.79. The molecule has 118 valence electrons. The van der Waals surface area contributed by atoms with E-state index in [0.29, 0.717) is 11.2 Å². The molecule has 1 amide bonds. The fourth-order valence-corrected chi connectivity index (χ4v) is 4.79. The first-order chi connectivity index (χ1) is 10.6. The van der Waals surface area contributed by atoms with E-state index < -0.39 is 0 Å².